The Morgan fingerprint density at radius 3 is 2.86 bits per heavy atom. The molecule has 1 heterocycles. The Bertz CT molecular complexity index is 689. The number of aromatic amines is 1. The number of nitrogens with one attached hydrogen (secondary N) is 2. The van der Waals surface area contributed by atoms with Crippen molar-refractivity contribution >= 4 is 16.8 Å². The van der Waals surface area contributed by atoms with Crippen LogP contribution in [0.25, 0.3) is 10.9 Å². The number of benzene rings is 1. The van der Waals surface area contributed by atoms with Gasteiger partial charge in [-0.25, -0.2) is 0 Å². The molecule has 1 amide bonds. The second-order valence-electron chi connectivity index (χ2n) is 5.81. The van der Waals surface area contributed by atoms with Crippen LogP contribution in [-0.2, 0) is 11.2 Å². The number of rotatable bonds is 4. The van der Waals surface area contributed by atoms with Crippen LogP contribution in [0, 0.1) is 11.3 Å². The molecule has 2 aromatic rings. The molecule has 0 bridgehead atoms. The lowest BCUT2D eigenvalue weighted by atomic mass is 9.99. The summed E-state index contributed by atoms with van der Waals surface area (Å²) in [6.07, 6.45) is 6.69. The van der Waals surface area contributed by atoms with Crippen molar-refractivity contribution in [2.45, 2.75) is 44.1 Å². The van der Waals surface area contributed by atoms with E-state index in [-0.39, 0.29) is 5.91 Å². The number of hydrogen-bond donors (Lipinski definition) is 2. The topological polar surface area (TPSA) is 68.7 Å². The predicted molar refractivity (Wildman–Crippen MR) is 81.6 cm³/mol. The molecule has 1 aromatic carbocycles. The van der Waals surface area contributed by atoms with E-state index in [1.165, 1.54) is 5.39 Å². The molecule has 2 N–H and O–H groups in total. The second-order valence-corrected chi connectivity index (χ2v) is 5.81. The second kappa shape index (κ2) is 5.61. The summed E-state index contributed by atoms with van der Waals surface area (Å²) in [6, 6.07) is 10.4. The van der Waals surface area contributed by atoms with Gasteiger partial charge in [-0.1, -0.05) is 18.2 Å². The number of nitrogens with zero attached hydrogens (tertiary/aromatic N) is 1. The van der Waals surface area contributed by atoms with Crippen molar-refractivity contribution in [2.24, 2.45) is 0 Å². The van der Waals surface area contributed by atoms with Gasteiger partial charge in [0.2, 0.25) is 5.91 Å². The van der Waals surface area contributed by atoms with Crippen molar-refractivity contribution in [2.75, 3.05) is 0 Å². The summed E-state index contributed by atoms with van der Waals surface area (Å²) in [4.78, 5) is 15.3. The van der Waals surface area contributed by atoms with E-state index in [1.807, 2.05) is 24.4 Å². The average Bonchev–Trinajstić information content (AvgIpc) is 3.12. The Hall–Kier alpha value is -2.28. The molecule has 0 atom stereocenters. The van der Waals surface area contributed by atoms with Gasteiger partial charge in [0.05, 0.1) is 6.07 Å². The Kier molecular flexibility index (Phi) is 3.66. The number of aryl methyl sites for hydroxylation is 1. The molecule has 1 saturated carbocycles. The minimum absolute atomic E-state index is 0.0243. The van der Waals surface area contributed by atoms with E-state index in [2.05, 4.69) is 22.4 Å². The van der Waals surface area contributed by atoms with Crippen LogP contribution in [0.4, 0.5) is 0 Å². The average molecular weight is 281 g/mol. The molecule has 1 aliphatic rings. The van der Waals surface area contributed by atoms with E-state index in [9.17, 15) is 10.1 Å². The van der Waals surface area contributed by atoms with Crippen LogP contribution in [0.3, 0.4) is 0 Å². The van der Waals surface area contributed by atoms with Crippen LogP contribution >= 0.6 is 0 Å². The first-order valence-electron chi connectivity index (χ1n) is 7.50. The third-order valence-corrected chi connectivity index (χ3v) is 4.35. The first-order chi connectivity index (χ1) is 10.2. The van der Waals surface area contributed by atoms with E-state index in [1.54, 1.807) is 0 Å². The fourth-order valence-electron chi connectivity index (χ4n) is 3.16. The number of carbonyl (C=O) groups excluding carboxylic acids is 1. The number of H-pyrrole nitrogens is 1. The Morgan fingerprint density at radius 2 is 2.10 bits per heavy atom. The van der Waals surface area contributed by atoms with Crippen LogP contribution in [0.5, 0.6) is 0 Å². The zero-order chi connectivity index (χ0) is 14.7. The molecule has 3 rings (SSSR count). The van der Waals surface area contributed by atoms with Crippen molar-refractivity contribution < 1.29 is 4.79 Å². The summed E-state index contributed by atoms with van der Waals surface area (Å²) in [5.74, 6) is -0.0243. The quantitative estimate of drug-likeness (QED) is 0.904. The smallest absolute Gasteiger partial charge is 0.221 e. The lowest BCUT2D eigenvalue weighted by molar-refractivity contribution is -0.122. The molecule has 4 heteroatoms. The Balaban J connectivity index is 1.62. The molecule has 4 nitrogen and oxygen atoms in total. The van der Waals surface area contributed by atoms with E-state index >= 15 is 0 Å². The molecule has 1 fully saturated rings. The van der Waals surface area contributed by atoms with E-state index in [4.69, 9.17) is 0 Å². The number of carbonyl (C=O) groups is 1. The molecule has 0 aliphatic heterocycles. The van der Waals surface area contributed by atoms with Gasteiger partial charge in [0.1, 0.15) is 5.54 Å². The van der Waals surface area contributed by atoms with Crippen LogP contribution in [0.15, 0.2) is 30.5 Å². The number of aromatic nitrogens is 1. The van der Waals surface area contributed by atoms with Gasteiger partial charge >= 0.3 is 0 Å². The summed E-state index contributed by atoms with van der Waals surface area (Å²) >= 11 is 0. The SMILES string of the molecule is N#CC1(NC(=O)CCc2c[nH]c3ccccc23)CCCC1. The molecule has 0 unspecified atom stereocenters. The van der Waals surface area contributed by atoms with Crippen molar-refractivity contribution in [1.29, 1.82) is 5.26 Å². The lowest BCUT2D eigenvalue weighted by Crippen LogP contribution is -2.45. The maximum absolute atomic E-state index is 12.1. The number of nitriles is 1. The first kappa shape index (κ1) is 13.7. The highest BCUT2D eigenvalue weighted by atomic mass is 16.1. The third-order valence-electron chi connectivity index (χ3n) is 4.35. The van der Waals surface area contributed by atoms with Crippen molar-refractivity contribution in [3.05, 3.63) is 36.0 Å². The number of hydrogen-bond acceptors (Lipinski definition) is 2. The van der Waals surface area contributed by atoms with Crippen LogP contribution < -0.4 is 5.32 Å². The van der Waals surface area contributed by atoms with Crippen molar-refractivity contribution in [1.82, 2.24) is 10.3 Å². The van der Waals surface area contributed by atoms with Gasteiger partial charge in [-0.15, -0.1) is 0 Å². The van der Waals surface area contributed by atoms with E-state index in [0.29, 0.717) is 12.8 Å². The maximum Gasteiger partial charge on any atom is 0.221 e. The number of para-hydroxylation sites is 1. The molecular weight excluding hydrogens is 262 g/mol. The minimum atomic E-state index is -0.614. The monoisotopic (exact) mass is 281 g/mol. The summed E-state index contributed by atoms with van der Waals surface area (Å²) < 4.78 is 0. The van der Waals surface area contributed by atoms with Crippen LogP contribution in [0.2, 0.25) is 0 Å². The van der Waals surface area contributed by atoms with Gasteiger partial charge < -0.3 is 10.3 Å². The molecule has 108 valence electrons. The fourth-order valence-corrected chi connectivity index (χ4v) is 3.16. The summed E-state index contributed by atoms with van der Waals surface area (Å²) in [6.45, 7) is 0. The standard InChI is InChI=1S/C17H19N3O/c18-12-17(9-3-4-10-17)20-16(21)8-7-13-11-19-15-6-2-1-5-14(13)15/h1-2,5-6,11,19H,3-4,7-10H2,(H,20,21). The number of fused-ring (bicyclic) bond motifs is 1. The highest BCUT2D eigenvalue weighted by Crippen LogP contribution is 2.29. The largest absolute Gasteiger partial charge is 0.361 e. The van der Waals surface area contributed by atoms with E-state index < -0.39 is 5.54 Å². The molecule has 0 saturated heterocycles. The Morgan fingerprint density at radius 1 is 1.33 bits per heavy atom. The van der Waals surface area contributed by atoms with Crippen molar-refractivity contribution in [3.8, 4) is 6.07 Å². The minimum Gasteiger partial charge on any atom is -0.361 e. The Labute approximate surface area is 124 Å². The maximum atomic E-state index is 12.1. The molecule has 0 radical (unpaired) electrons. The van der Waals surface area contributed by atoms with Crippen LogP contribution in [-0.4, -0.2) is 16.4 Å². The zero-order valence-electron chi connectivity index (χ0n) is 12.0. The van der Waals surface area contributed by atoms with Crippen molar-refractivity contribution in [3.63, 3.8) is 0 Å². The zero-order valence-corrected chi connectivity index (χ0v) is 12.0. The first-order valence-corrected chi connectivity index (χ1v) is 7.50. The van der Waals surface area contributed by atoms with Gasteiger partial charge in [0, 0.05) is 23.5 Å². The molecular formula is C17H19N3O. The van der Waals surface area contributed by atoms with Gasteiger partial charge in [-0.2, -0.15) is 5.26 Å². The van der Waals surface area contributed by atoms with E-state index in [0.717, 1.165) is 36.8 Å². The van der Waals surface area contributed by atoms with Crippen LogP contribution in [0.1, 0.15) is 37.7 Å². The third kappa shape index (κ3) is 2.78. The summed E-state index contributed by atoms with van der Waals surface area (Å²) in [5.41, 5.74) is 1.63. The molecule has 1 aliphatic carbocycles. The predicted octanol–water partition coefficient (Wildman–Crippen LogP) is 3.05. The summed E-state index contributed by atoms with van der Waals surface area (Å²) in [5, 5.41) is 13.4. The highest BCUT2D eigenvalue weighted by molar-refractivity contribution is 5.84. The van der Waals surface area contributed by atoms with Gasteiger partial charge in [0.25, 0.3) is 0 Å². The molecule has 1 aromatic heterocycles. The lowest BCUT2D eigenvalue weighted by Gasteiger charge is -2.21. The van der Waals surface area contributed by atoms with Gasteiger partial charge in [-0.3, -0.25) is 4.79 Å². The number of amides is 1. The molecule has 21 heavy (non-hydrogen) atoms. The van der Waals surface area contributed by atoms with Gasteiger partial charge in [-0.05, 0) is 43.7 Å². The molecule has 0 spiro atoms. The highest BCUT2D eigenvalue weighted by Gasteiger charge is 2.35. The fraction of sp³-hybridized carbons (Fsp3) is 0.412. The van der Waals surface area contributed by atoms with Gasteiger partial charge in [0.15, 0.2) is 0 Å². The normalized spacial score (nSPS) is 16.7. The summed E-state index contributed by atoms with van der Waals surface area (Å²) in [7, 11) is 0.